The van der Waals surface area contributed by atoms with Gasteiger partial charge >= 0.3 is 0 Å². The van der Waals surface area contributed by atoms with Gasteiger partial charge in [-0.2, -0.15) is 15.2 Å². The SMILES string of the molecule is CCN1C(=O)C(C#N)=C(C)/C(=C/c2nc3sc(-c4ccccc4)nc3o2)C1=O. The van der Waals surface area contributed by atoms with E-state index in [1.807, 2.05) is 36.4 Å². The molecule has 0 radical (unpaired) electrons. The lowest BCUT2D eigenvalue weighted by atomic mass is 9.95. The van der Waals surface area contributed by atoms with Crippen LogP contribution in [0.4, 0.5) is 0 Å². The van der Waals surface area contributed by atoms with E-state index in [4.69, 9.17) is 4.42 Å². The number of carbonyl (C=O) groups excluding carboxylic acids is 2. The molecule has 1 aliphatic rings. The van der Waals surface area contributed by atoms with Crippen LogP contribution in [0.3, 0.4) is 0 Å². The Kier molecular flexibility index (Phi) is 4.37. The Balaban J connectivity index is 1.76. The van der Waals surface area contributed by atoms with E-state index in [0.29, 0.717) is 16.1 Å². The minimum atomic E-state index is -0.577. The van der Waals surface area contributed by atoms with Crippen molar-refractivity contribution in [2.75, 3.05) is 6.54 Å². The third kappa shape index (κ3) is 2.82. The van der Waals surface area contributed by atoms with Gasteiger partial charge in [-0.3, -0.25) is 14.5 Å². The van der Waals surface area contributed by atoms with Crippen LogP contribution < -0.4 is 0 Å². The molecule has 0 bridgehead atoms. The molecule has 0 saturated carbocycles. The quantitative estimate of drug-likeness (QED) is 0.501. The molecular weight excluding hydrogens is 376 g/mol. The molecule has 138 valence electrons. The van der Waals surface area contributed by atoms with Crippen LogP contribution in [0.5, 0.6) is 0 Å². The van der Waals surface area contributed by atoms with E-state index >= 15 is 0 Å². The van der Waals surface area contributed by atoms with Gasteiger partial charge in [0.05, 0.1) is 0 Å². The summed E-state index contributed by atoms with van der Waals surface area (Å²) in [6.45, 7) is 3.43. The number of rotatable bonds is 3. The van der Waals surface area contributed by atoms with Crippen molar-refractivity contribution < 1.29 is 14.0 Å². The number of hydrogen-bond donors (Lipinski definition) is 0. The second kappa shape index (κ2) is 6.87. The van der Waals surface area contributed by atoms with Crippen LogP contribution in [0.15, 0.2) is 51.5 Å². The van der Waals surface area contributed by atoms with Gasteiger partial charge in [-0.05, 0) is 19.4 Å². The third-order valence-electron chi connectivity index (χ3n) is 4.42. The Morgan fingerprint density at radius 2 is 1.96 bits per heavy atom. The predicted molar refractivity (Wildman–Crippen MR) is 104 cm³/mol. The number of hydrogen-bond acceptors (Lipinski definition) is 7. The van der Waals surface area contributed by atoms with E-state index in [-0.39, 0.29) is 23.6 Å². The van der Waals surface area contributed by atoms with Gasteiger partial charge in [0, 0.05) is 23.8 Å². The molecule has 0 N–H and O–H groups in total. The molecule has 1 aromatic carbocycles. The lowest BCUT2D eigenvalue weighted by molar-refractivity contribution is -0.140. The zero-order valence-corrected chi connectivity index (χ0v) is 15.9. The van der Waals surface area contributed by atoms with Gasteiger partial charge in [-0.15, -0.1) is 0 Å². The summed E-state index contributed by atoms with van der Waals surface area (Å²) in [6.07, 6.45) is 1.46. The van der Waals surface area contributed by atoms with Crippen molar-refractivity contribution in [3.05, 3.63) is 52.9 Å². The molecule has 3 aromatic rings. The van der Waals surface area contributed by atoms with Gasteiger partial charge in [-0.1, -0.05) is 41.7 Å². The fourth-order valence-corrected chi connectivity index (χ4v) is 3.84. The number of oxazole rings is 1. The second-order valence-corrected chi connectivity index (χ2v) is 7.05. The number of amides is 2. The lowest BCUT2D eigenvalue weighted by Gasteiger charge is -2.25. The summed E-state index contributed by atoms with van der Waals surface area (Å²) in [7, 11) is 0. The molecule has 0 fully saturated rings. The Morgan fingerprint density at radius 3 is 2.61 bits per heavy atom. The highest BCUT2D eigenvalue weighted by atomic mass is 32.1. The van der Waals surface area contributed by atoms with Crippen molar-refractivity contribution in [2.45, 2.75) is 13.8 Å². The van der Waals surface area contributed by atoms with Gasteiger partial charge in [0.2, 0.25) is 5.89 Å². The van der Waals surface area contributed by atoms with Crippen LogP contribution >= 0.6 is 11.3 Å². The number of nitriles is 1. The van der Waals surface area contributed by atoms with E-state index in [9.17, 15) is 14.9 Å². The molecule has 4 rings (SSSR count). The summed E-state index contributed by atoms with van der Waals surface area (Å²) >= 11 is 1.39. The Bertz CT molecular complexity index is 1180. The normalized spacial score (nSPS) is 16.3. The average Bonchev–Trinajstić information content (AvgIpc) is 3.25. The summed E-state index contributed by atoms with van der Waals surface area (Å²) in [5.41, 5.74) is 1.84. The average molecular weight is 390 g/mol. The molecule has 0 saturated heterocycles. The molecule has 0 spiro atoms. The Morgan fingerprint density at radius 1 is 1.21 bits per heavy atom. The van der Waals surface area contributed by atoms with Crippen LogP contribution in [0.2, 0.25) is 0 Å². The summed E-state index contributed by atoms with van der Waals surface area (Å²) in [5.74, 6) is -0.838. The van der Waals surface area contributed by atoms with Crippen LogP contribution in [0, 0.1) is 11.3 Å². The molecule has 28 heavy (non-hydrogen) atoms. The van der Waals surface area contributed by atoms with Gasteiger partial charge in [0.1, 0.15) is 16.6 Å². The number of thiazole rings is 1. The van der Waals surface area contributed by atoms with E-state index in [0.717, 1.165) is 15.5 Å². The molecular formula is C20H14N4O3S. The number of imide groups is 1. The monoisotopic (exact) mass is 390 g/mol. The number of benzene rings is 1. The van der Waals surface area contributed by atoms with E-state index in [1.165, 1.54) is 17.4 Å². The Labute approximate surface area is 164 Å². The minimum Gasteiger partial charge on any atom is -0.417 e. The number of aromatic nitrogens is 2. The first-order valence-corrected chi connectivity index (χ1v) is 9.37. The molecule has 1 aliphatic heterocycles. The van der Waals surface area contributed by atoms with Crippen molar-refractivity contribution in [1.82, 2.24) is 14.9 Å². The first-order chi connectivity index (χ1) is 13.5. The third-order valence-corrected chi connectivity index (χ3v) is 5.40. The highest BCUT2D eigenvalue weighted by Crippen LogP contribution is 2.32. The molecule has 0 unspecified atom stereocenters. The lowest BCUT2D eigenvalue weighted by Crippen LogP contribution is -2.42. The molecule has 2 amide bonds. The number of carbonyl (C=O) groups is 2. The van der Waals surface area contributed by atoms with Crippen LogP contribution in [0.25, 0.3) is 27.2 Å². The summed E-state index contributed by atoms with van der Waals surface area (Å²) in [6, 6.07) is 11.6. The van der Waals surface area contributed by atoms with E-state index in [2.05, 4.69) is 9.97 Å². The highest BCUT2D eigenvalue weighted by molar-refractivity contribution is 7.21. The maximum atomic E-state index is 12.6. The van der Waals surface area contributed by atoms with Crippen molar-refractivity contribution in [1.29, 1.82) is 5.26 Å². The molecule has 8 heteroatoms. The number of likely N-dealkylation sites (N-methyl/N-ethyl adjacent to an activating group) is 1. The van der Waals surface area contributed by atoms with Crippen molar-refractivity contribution >= 4 is 39.8 Å². The number of nitrogens with zero attached hydrogens (tertiary/aromatic N) is 4. The van der Waals surface area contributed by atoms with Crippen molar-refractivity contribution in [3.8, 4) is 16.6 Å². The summed E-state index contributed by atoms with van der Waals surface area (Å²) < 4.78 is 5.68. The molecule has 0 aliphatic carbocycles. The van der Waals surface area contributed by atoms with Gasteiger partial charge in [-0.25, -0.2) is 0 Å². The van der Waals surface area contributed by atoms with Gasteiger partial charge < -0.3 is 4.42 Å². The van der Waals surface area contributed by atoms with E-state index < -0.39 is 11.8 Å². The summed E-state index contributed by atoms with van der Waals surface area (Å²) in [4.78, 5) is 35.4. The second-order valence-electron chi connectivity index (χ2n) is 6.07. The maximum Gasteiger partial charge on any atom is 0.271 e. The van der Waals surface area contributed by atoms with Crippen LogP contribution in [-0.2, 0) is 9.59 Å². The first-order valence-electron chi connectivity index (χ1n) is 8.55. The topological polar surface area (TPSA) is 100 Å². The first kappa shape index (κ1) is 17.8. The van der Waals surface area contributed by atoms with Crippen molar-refractivity contribution in [3.63, 3.8) is 0 Å². The van der Waals surface area contributed by atoms with Crippen LogP contribution in [-0.4, -0.2) is 33.2 Å². The zero-order chi connectivity index (χ0) is 19.8. The fourth-order valence-electron chi connectivity index (χ4n) is 2.96. The smallest absolute Gasteiger partial charge is 0.271 e. The van der Waals surface area contributed by atoms with Crippen LogP contribution in [0.1, 0.15) is 19.7 Å². The molecule has 3 heterocycles. The van der Waals surface area contributed by atoms with Gasteiger partial charge in [0.15, 0.2) is 4.83 Å². The molecule has 7 nitrogen and oxygen atoms in total. The van der Waals surface area contributed by atoms with E-state index in [1.54, 1.807) is 13.8 Å². The van der Waals surface area contributed by atoms with Crippen molar-refractivity contribution in [2.24, 2.45) is 0 Å². The predicted octanol–water partition coefficient (Wildman–Crippen LogP) is 3.56. The number of fused-ring (bicyclic) bond motifs is 1. The maximum absolute atomic E-state index is 12.6. The van der Waals surface area contributed by atoms with Gasteiger partial charge in [0.25, 0.3) is 17.5 Å². The highest BCUT2D eigenvalue weighted by Gasteiger charge is 2.34. The molecule has 0 atom stereocenters. The minimum absolute atomic E-state index is 0.0504. The largest absolute Gasteiger partial charge is 0.417 e. The molecule has 2 aromatic heterocycles. The zero-order valence-electron chi connectivity index (χ0n) is 15.1. The standard InChI is InChI=1S/C20H14N4O3S/c1-3-24-19(25)13(11(2)14(10-21)20(24)26)9-15-22-18-16(27-15)23-17(28-18)12-7-5-4-6-8-12/h4-9H,3H2,1-2H3/b13-9-. The Hall–Kier alpha value is -3.57. The summed E-state index contributed by atoms with van der Waals surface area (Å²) in [5, 5.41) is 10.1. The fraction of sp³-hybridized carbons (Fsp3) is 0.150.